The lowest BCUT2D eigenvalue weighted by Crippen LogP contribution is -2.05. The molecule has 0 fully saturated rings. The number of nitrogens with one attached hydrogen (secondary N) is 1. The van der Waals surface area contributed by atoms with Crippen molar-refractivity contribution >= 4 is 10.9 Å². The highest BCUT2D eigenvalue weighted by Crippen LogP contribution is 2.32. The summed E-state index contributed by atoms with van der Waals surface area (Å²) >= 11 is 0. The molecule has 0 saturated heterocycles. The van der Waals surface area contributed by atoms with Crippen molar-refractivity contribution in [2.24, 2.45) is 0 Å². The molecule has 4 rings (SSSR count). The van der Waals surface area contributed by atoms with Gasteiger partial charge in [-0.3, -0.25) is 0 Å². The van der Waals surface area contributed by atoms with E-state index in [0.29, 0.717) is 5.56 Å². The van der Waals surface area contributed by atoms with Gasteiger partial charge in [-0.25, -0.2) is 0 Å². The summed E-state index contributed by atoms with van der Waals surface area (Å²) in [5.74, 6) is 0. The minimum atomic E-state index is 0.712. The number of benzene rings is 2. The summed E-state index contributed by atoms with van der Waals surface area (Å²) in [6, 6.07) is 16.7. The first-order valence-electron chi connectivity index (χ1n) is 6.45. The molecule has 2 heteroatoms. The Morgan fingerprint density at radius 3 is 2.58 bits per heavy atom. The minimum Gasteiger partial charge on any atom is -0.358 e. The highest BCUT2D eigenvalue weighted by molar-refractivity contribution is 5.86. The van der Waals surface area contributed by atoms with E-state index < -0.39 is 0 Å². The Morgan fingerprint density at radius 2 is 1.79 bits per heavy atom. The van der Waals surface area contributed by atoms with E-state index in [9.17, 15) is 0 Å². The molecule has 1 aliphatic carbocycles. The quantitative estimate of drug-likeness (QED) is 0.505. The molecule has 2 nitrogen and oxygen atoms in total. The van der Waals surface area contributed by atoms with Crippen molar-refractivity contribution in [1.82, 2.24) is 4.98 Å². The summed E-state index contributed by atoms with van der Waals surface area (Å²) in [5, 5.41) is 10.2. The van der Waals surface area contributed by atoms with Gasteiger partial charge in [0.05, 0.1) is 11.6 Å². The maximum Gasteiger partial charge on any atom is 0.0992 e. The Kier molecular flexibility index (Phi) is 2.04. The summed E-state index contributed by atoms with van der Waals surface area (Å²) in [6.07, 6.45) is 1.94. The van der Waals surface area contributed by atoms with E-state index in [2.05, 4.69) is 41.4 Å². The van der Waals surface area contributed by atoms with Crippen LogP contribution in [0.15, 0.2) is 42.5 Å². The molecule has 1 aromatic heterocycles. The molecule has 0 radical (unpaired) electrons. The van der Waals surface area contributed by atoms with Crippen LogP contribution in [0.3, 0.4) is 0 Å². The Hall–Kier alpha value is -2.53. The van der Waals surface area contributed by atoms with Crippen LogP contribution in [0.5, 0.6) is 0 Å². The highest BCUT2D eigenvalue weighted by atomic mass is 14.7. The Balaban J connectivity index is 1.93. The largest absolute Gasteiger partial charge is 0.358 e. The van der Waals surface area contributed by atoms with E-state index in [1.54, 1.807) is 0 Å². The fraction of sp³-hybridized carbons (Fsp3) is 0.118. The summed E-state index contributed by atoms with van der Waals surface area (Å²) in [5.41, 5.74) is 7.30. The molecular weight excluding hydrogens is 232 g/mol. The van der Waals surface area contributed by atoms with Crippen LogP contribution in [0.25, 0.3) is 10.9 Å². The lowest BCUT2D eigenvalue weighted by Gasteiger charge is -2.16. The molecule has 0 aliphatic heterocycles. The first-order valence-corrected chi connectivity index (χ1v) is 6.45. The average Bonchev–Trinajstić information content (AvgIpc) is 2.81. The molecule has 0 amide bonds. The van der Waals surface area contributed by atoms with Gasteiger partial charge in [0, 0.05) is 29.4 Å². The van der Waals surface area contributed by atoms with Crippen LogP contribution < -0.4 is 0 Å². The first kappa shape index (κ1) is 10.4. The van der Waals surface area contributed by atoms with Crippen LogP contribution in [0.4, 0.5) is 0 Å². The van der Waals surface area contributed by atoms with E-state index in [4.69, 9.17) is 5.26 Å². The van der Waals surface area contributed by atoms with Gasteiger partial charge in [-0.15, -0.1) is 0 Å². The smallest absolute Gasteiger partial charge is 0.0992 e. The standard InChI is InChI=1S/C17H12N2/c18-10-11-5-6-14-15-8-12-3-1-2-4-13(12)9-17(15)19-16(14)7-11/h1-7,19H,8-9H2. The van der Waals surface area contributed by atoms with Crippen molar-refractivity contribution in [2.45, 2.75) is 12.8 Å². The molecular formula is C17H12N2. The zero-order valence-electron chi connectivity index (χ0n) is 10.4. The number of hydrogen-bond acceptors (Lipinski definition) is 1. The fourth-order valence-corrected chi connectivity index (χ4v) is 3.02. The maximum absolute atomic E-state index is 8.98. The summed E-state index contributed by atoms with van der Waals surface area (Å²) in [7, 11) is 0. The van der Waals surface area contributed by atoms with Crippen molar-refractivity contribution in [2.75, 3.05) is 0 Å². The normalized spacial score (nSPS) is 12.8. The maximum atomic E-state index is 8.98. The van der Waals surface area contributed by atoms with Gasteiger partial charge in [0.1, 0.15) is 0 Å². The SMILES string of the molecule is N#Cc1ccc2c3c([nH]c2c1)Cc1ccccc1C3. The zero-order valence-corrected chi connectivity index (χ0v) is 10.4. The predicted octanol–water partition coefficient (Wildman–Crippen LogP) is 3.53. The Morgan fingerprint density at radius 1 is 1.00 bits per heavy atom. The predicted molar refractivity (Wildman–Crippen MR) is 75.1 cm³/mol. The third-order valence-electron chi connectivity index (χ3n) is 3.98. The molecule has 1 N–H and O–H groups in total. The second-order valence-corrected chi connectivity index (χ2v) is 5.08. The van der Waals surface area contributed by atoms with Crippen molar-refractivity contribution in [3.05, 3.63) is 70.4 Å². The fourth-order valence-electron chi connectivity index (χ4n) is 3.02. The third kappa shape index (κ3) is 1.49. The molecule has 1 aliphatic rings. The van der Waals surface area contributed by atoms with Gasteiger partial charge in [0.2, 0.25) is 0 Å². The molecule has 3 aromatic rings. The number of nitriles is 1. The second-order valence-electron chi connectivity index (χ2n) is 5.08. The molecule has 1 heterocycles. The van der Waals surface area contributed by atoms with Gasteiger partial charge in [0.15, 0.2) is 0 Å². The van der Waals surface area contributed by atoms with E-state index >= 15 is 0 Å². The van der Waals surface area contributed by atoms with Crippen LogP contribution in [0, 0.1) is 11.3 Å². The number of nitrogens with zero attached hydrogens (tertiary/aromatic N) is 1. The zero-order chi connectivity index (χ0) is 12.8. The minimum absolute atomic E-state index is 0.712. The molecule has 19 heavy (non-hydrogen) atoms. The van der Waals surface area contributed by atoms with Crippen molar-refractivity contribution in [1.29, 1.82) is 5.26 Å². The van der Waals surface area contributed by atoms with Crippen molar-refractivity contribution < 1.29 is 0 Å². The highest BCUT2D eigenvalue weighted by Gasteiger charge is 2.19. The number of rotatable bonds is 0. The topological polar surface area (TPSA) is 39.6 Å². The molecule has 0 unspecified atom stereocenters. The molecule has 0 spiro atoms. The molecule has 0 saturated carbocycles. The van der Waals surface area contributed by atoms with Gasteiger partial charge in [-0.2, -0.15) is 5.26 Å². The monoisotopic (exact) mass is 244 g/mol. The van der Waals surface area contributed by atoms with Gasteiger partial charge in [-0.1, -0.05) is 30.3 Å². The average molecular weight is 244 g/mol. The van der Waals surface area contributed by atoms with Crippen molar-refractivity contribution in [3.8, 4) is 6.07 Å². The Labute approximate surface area is 111 Å². The van der Waals surface area contributed by atoms with Crippen LogP contribution in [0.1, 0.15) is 27.9 Å². The van der Waals surface area contributed by atoms with Gasteiger partial charge < -0.3 is 4.98 Å². The summed E-state index contributed by atoms with van der Waals surface area (Å²) in [4.78, 5) is 3.48. The summed E-state index contributed by atoms with van der Waals surface area (Å²) in [6.45, 7) is 0. The molecule has 90 valence electrons. The van der Waals surface area contributed by atoms with Crippen LogP contribution in [0.2, 0.25) is 0 Å². The third-order valence-corrected chi connectivity index (χ3v) is 3.98. The molecule has 0 bridgehead atoms. The lowest BCUT2D eigenvalue weighted by molar-refractivity contribution is 0.981. The molecule has 2 aromatic carbocycles. The van der Waals surface area contributed by atoms with E-state index in [0.717, 1.165) is 18.4 Å². The van der Waals surface area contributed by atoms with E-state index in [1.165, 1.54) is 27.8 Å². The van der Waals surface area contributed by atoms with E-state index in [1.807, 2.05) is 12.1 Å². The van der Waals surface area contributed by atoms with Gasteiger partial charge in [-0.05, 0) is 28.8 Å². The van der Waals surface area contributed by atoms with Crippen LogP contribution in [-0.2, 0) is 12.8 Å². The van der Waals surface area contributed by atoms with Crippen LogP contribution >= 0.6 is 0 Å². The number of aromatic nitrogens is 1. The number of H-pyrrole nitrogens is 1. The van der Waals surface area contributed by atoms with Crippen LogP contribution in [-0.4, -0.2) is 4.98 Å². The van der Waals surface area contributed by atoms with Crippen molar-refractivity contribution in [3.63, 3.8) is 0 Å². The molecule has 0 atom stereocenters. The Bertz CT molecular complexity index is 834. The lowest BCUT2D eigenvalue weighted by atomic mass is 9.89. The van der Waals surface area contributed by atoms with Gasteiger partial charge >= 0.3 is 0 Å². The number of fused-ring (bicyclic) bond motifs is 4. The second kappa shape index (κ2) is 3.73. The number of aromatic amines is 1. The number of hydrogen-bond donors (Lipinski definition) is 1. The van der Waals surface area contributed by atoms with E-state index in [-0.39, 0.29) is 0 Å². The first-order chi connectivity index (χ1) is 9.35. The summed E-state index contributed by atoms with van der Waals surface area (Å²) < 4.78 is 0. The van der Waals surface area contributed by atoms with Gasteiger partial charge in [0.25, 0.3) is 0 Å².